The highest BCUT2D eigenvalue weighted by Crippen LogP contribution is 2.39. The van der Waals surface area contributed by atoms with Gasteiger partial charge in [-0.2, -0.15) is 0 Å². The fourth-order valence-corrected chi connectivity index (χ4v) is 3.79. The molecule has 1 aromatic carbocycles. The number of halogens is 2. The summed E-state index contributed by atoms with van der Waals surface area (Å²) in [6.07, 6.45) is 1.87. The molecule has 2 heterocycles. The van der Waals surface area contributed by atoms with Crippen molar-refractivity contribution in [1.29, 1.82) is 0 Å². The van der Waals surface area contributed by atoms with Crippen LogP contribution < -0.4 is 10.6 Å². The summed E-state index contributed by atoms with van der Waals surface area (Å²) in [6, 6.07) is 10.3. The number of anilines is 2. The average molecular weight is 373 g/mol. The van der Waals surface area contributed by atoms with E-state index in [1.165, 1.54) is 12.1 Å². The maximum atomic E-state index is 13.8. The van der Waals surface area contributed by atoms with E-state index in [4.69, 9.17) is 9.72 Å². The Morgan fingerprint density at radius 3 is 2.48 bits per heavy atom. The van der Waals surface area contributed by atoms with Crippen molar-refractivity contribution < 1.29 is 13.5 Å². The molecule has 27 heavy (non-hydrogen) atoms. The number of rotatable bonds is 5. The van der Waals surface area contributed by atoms with Crippen molar-refractivity contribution in [3.05, 3.63) is 42.2 Å². The van der Waals surface area contributed by atoms with Crippen molar-refractivity contribution >= 4 is 11.5 Å². The molecule has 1 atom stereocenters. The first kappa shape index (κ1) is 18.2. The quantitative estimate of drug-likeness (QED) is 0.792. The molecule has 2 fully saturated rings. The number of alkyl halides is 1. The molecule has 0 spiro atoms. The maximum absolute atomic E-state index is 13.8. The van der Waals surface area contributed by atoms with Gasteiger partial charge in [-0.1, -0.05) is 0 Å². The smallest absolute Gasteiger partial charge is 0.150 e. The zero-order valence-corrected chi connectivity index (χ0v) is 15.7. The minimum absolute atomic E-state index is 0.103. The van der Waals surface area contributed by atoms with Gasteiger partial charge in [0.2, 0.25) is 0 Å². The van der Waals surface area contributed by atoms with E-state index in [9.17, 15) is 8.78 Å². The van der Waals surface area contributed by atoms with Crippen LogP contribution in [0.4, 0.5) is 20.3 Å². The van der Waals surface area contributed by atoms with Crippen molar-refractivity contribution in [2.24, 2.45) is 0 Å². The monoisotopic (exact) mass is 373 g/mol. The van der Waals surface area contributed by atoms with Gasteiger partial charge in [-0.25, -0.2) is 13.8 Å². The average Bonchev–Trinajstić information content (AvgIpc) is 3.02. The van der Waals surface area contributed by atoms with E-state index in [2.05, 4.69) is 17.6 Å². The van der Waals surface area contributed by atoms with E-state index in [1.54, 1.807) is 19.1 Å². The molecule has 1 aliphatic carbocycles. The summed E-state index contributed by atoms with van der Waals surface area (Å²) in [4.78, 5) is 4.78. The summed E-state index contributed by atoms with van der Waals surface area (Å²) in [5, 5.41) is 6.93. The Labute approximate surface area is 158 Å². The normalized spacial score (nSPS) is 30.0. The molecule has 4 nitrogen and oxygen atoms in total. The number of nitrogens with one attached hydrogen (secondary N) is 2. The van der Waals surface area contributed by atoms with Gasteiger partial charge in [-0.15, -0.1) is 0 Å². The molecule has 0 bridgehead atoms. The Morgan fingerprint density at radius 1 is 1.11 bits per heavy atom. The van der Waals surface area contributed by atoms with Crippen LogP contribution in [0.3, 0.4) is 0 Å². The highest BCUT2D eigenvalue weighted by Gasteiger charge is 2.41. The van der Waals surface area contributed by atoms with Crippen LogP contribution in [-0.2, 0) is 4.74 Å². The van der Waals surface area contributed by atoms with Crippen LogP contribution in [0.1, 0.15) is 33.1 Å². The van der Waals surface area contributed by atoms with Crippen LogP contribution in [0.25, 0.3) is 11.3 Å². The van der Waals surface area contributed by atoms with Crippen molar-refractivity contribution in [2.75, 3.05) is 23.8 Å². The lowest BCUT2D eigenvalue weighted by molar-refractivity contribution is 0.0723. The lowest BCUT2D eigenvalue weighted by atomic mass is 9.79. The van der Waals surface area contributed by atoms with Gasteiger partial charge in [0.1, 0.15) is 11.5 Å². The van der Waals surface area contributed by atoms with E-state index in [-0.39, 0.29) is 17.4 Å². The number of nitrogens with zero attached hydrogens (tertiary/aromatic N) is 1. The molecule has 144 valence electrons. The van der Waals surface area contributed by atoms with Crippen LogP contribution in [0.5, 0.6) is 0 Å². The topological polar surface area (TPSA) is 46.2 Å². The SMILES string of the molecule is CC1(F)CC(Nc2ccc(-c3ccc(F)cc3)nc2NC2(C)CCOC2)C1. The summed E-state index contributed by atoms with van der Waals surface area (Å²) in [7, 11) is 0. The first-order valence-electron chi connectivity index (χ1n) is 9.40. The fraction of sp³-hybridized carbons (Fsp3) is 0.476. The number of pyridine rings is 1. The first-order chi connectivity index (χ1) is 12.8. The Hall–Kier alpha value is -2.21. The highest BCUT2D eigenvalue weighted by atomic mass is 19.1. The zero-order chi connectivity index (χ0) is 19.1. The van der Waals surface area contributed by atoms with Crippen LogP contribution in [0, 0.1) is 5.82 Å². The summed E-state index contributed by atoms with van der Waals surface area (Å²) >= 11 is 0. The van der Waals surface area contributed by atoms with Gasteiger partial charge in [-0.05, 0) is 56.7 Å². The second kappa shape index (κ2) is 6.75. The number of ether oxygens (including phenoxy) is 1. The lowest BCUT2D eigenvalue weighted by Crippen LogP contribution is -2.45. The van der Waals surface area contributed by atoms with Gasteiger partial charge in [0.15, 0.2) is 5.82 Å². The molecule has 1 aliphatic heterocycles. The summed E-state index contributed by atoms with van der Waals surface area (Å²) in [6.45, 7) is 5.07. The first-order valence-corrected chi connectivity index (χ1v) is 9.40. The fourth-order valence-electron chi connectivity index (χ4n) is 3.79. The van der Waals surface area contributed by atoms with Crippen molar-refractivity contribution in [3.63, 3.8) is 0 Å². The van der Waals surface area contributed by atoms with E-state index in [0.717, 1.165) is 29.2 Å². The second-order valence-electron chi connectivity index (χ2n) is 8.25. The predicted octanol–water partition coefficient (Wildman–Crippen LogP) is 4.78. The van der Waals surface area contributed by atoms with Gasteiger partial charge >= 0.3 is 0 Å². The van der Waals surface area contributed by atoms with Crippen LogP contribution in [0.15, 0.2) is 36.4 Å². The standard InChI is InChI=1S/C21H25F2N3O/c1-20(23)11-16(12-20)24-18-8-7-17(14-3-5-15(22)6-4-14)25-19(18)26-21(2)9-10-27-13-21/h3-8,16,24H,9-13H2,1-2H3,(H,25,26). The Bertz CT molecular complexity index is 809. The second-order valence-corrected chi connectivity index (χ2v) is 8.25. The molecular formula is C21H25F2N3O. The van der Waals surface area contributed by atoms with Gasteiger partial charge in [-0.3, -0.25) is 0 Å². The molecular weight excluding hydrogens is 348 g/mol. The van der Waals surface area contributed by atoms with Crippen molar-refractivity contribution in [3.8, 4) is 11.3 Å². The van der Waals surface area contributed by atoms with Gasteiger partial charge < -0.3 is 15.4 Å². The molecule has 2 aliphatic rings. The summed E-state index contributed by atoms with van der Waals surface area (Å²) < 4.78 is 32.6. The van der Waals surface area contributed by atoms with Crippen molar-refractivity contribution in [1.82, 2.24) is 4.98 Å². The molecule has 1 saturated heterocycles. The van der Waals surface area contributed by atoms with E-state index in [1.807, 2.05) is 12.1 Å². The molecule has 0 radical (unpaired) electrons. The van der Waals surface area contributed by atoms with Crippen LogP contribution >= 0.6 is 0 Å². The van der Waals surface area contributed by atoms with E-state index >= 15 is 0 Å². The molecule has 2 aromatic rings. The minimum atomic E-state index is -1.09. The third kappa shape index (κ3) is 4.05. The molecule has 2 N–H and O–H groups in total. The Balaban J connectivity index is 1.62. The van der Waals surface area contributed by atoms with Crippen molar-refractivity contribution in [2.45, 2.75) is 50.4 Å². The largest absolute Gasteiger partial charge is 0.379 e. The van der Waals surface area contributed by atoms with Gasteiger partial charge in [0.25, 0.3) is 0 Å². The molecule has 6 heteroatoms. The molecule has 4 rings (SSSR count). The van der Waals surface area contributed by atoms with E-state index < -0.39 is 5.67 Å². The van der Waals surface area contributed by atoms with E-state index in [0.29, 0.717) is 26.1 Å². The lowest BCUT2D eigenvalue weighted by Gasteiger charge is -2.40. The van der Waals surface area contributed by atoms with Crippen LogP contribution in [0.2, 0.25) is 0 Å². The van der Waals surface area contributed by atoms with Gasteiger partial charge in [0, 0.05) is 31.1 Å². The molecule has 1 aromatic heterocycles. The highest BCUT2D eigenvalue weighted by molar-refractivity contribution is 5.72. The molecule has 1 saturated carbocycles. The third-order valence-corrected chi connectivity index (χ3v) is 5.38. The summed E-state index contributed by atoms with van der Waals surface area (Å²) in [5.74, 6) is 0.447. The predicted molar refractivity (Wildman–Crippen MR) is 103 cm³/mol. The third-order valence-electron chi connectivity index (χ3n) is 5.38. The zero-order valence-electron chi connectivity index (χ0n) is 15.7. The Morgan fingerprint density at radius 2 is 1.85 bits per heavy atom. The molecule has 1 unspecified atom stereocenters. The van der Waals surface area contributed by atoms with Crippen LogP contribution in [-0.4, -0.2) is 35.4 Å². The number of benzene rings is 1. The number of aromatic nitrogens is 1. The minimum Gasteiger partial charge on any atom is -0.379 e. The number of hydrogen-bond acceptors (Lipinski definition) is 4. The molecule has 0 amide bonds. The Kier molecular flexibility index (Phi) is 4.54. The number of hydrogen-bond donors (Lipinski definition) is 2. The van der Waals surface area contributed by atoms with Gasteiger partial charge in [0.05, 0.1) is 23.5 Å². The maximum Gasteiger partial charge on any atom is 0.150 e. The summed E-state index contributed by atoms with van der Waals surface area (Å²) in [5.41, 5.74) is 1.18.